The number of likely N-dealkylation sites (tertiary alicyclic amines) is 1. The number of carbonyl (C=O) groups is 2. The molecule has 1 N–H and O–H groups in total. The Morgan fingerprint density at radius 1 is 1.21 bits per heavy atom. The number of quaternary nitrogens is 1. The van der Waals surface area contributed by atoms with E-state index in [1.165, 1.54) is 4.90 Å². The van der Waals surface area contributed by atoms with Gasteiger partial charge in [-0.25, -0.2) is 0 Å². The Balaban J connectivity index is 1.83. The minimum absolute atomic E-state index is 0.0647. The summed E-state index contributed by atoms with van der Waals surface area (Å²) in [5, 5.41) is 11.8. The van der Waals surface area contributed by atoms with Crippen LogP contribution in [0.5, 0.6) is 0 Å². The number of imide groups is 1. The van der Waals surface area contributed by atoms with E-state index in [9.17, 15) is 14.8 Å². The van der Waals surface area contributed by atoms with Gasteiger partial charge in [0, 0.05) is 0 Å². The smallest absolute Gasteiger partial charge is 0.288 e. The van der Waals surface area contributed by atoms with Gasteiger partial charge in [-0.05, 0) is 18.4 Å². The van der Waals surface area contributed by atoms with Crippen molar-refractivity contribution >= 4 is 11.8 Å². The van der Waals surface area contributed by atoms with Crippen molar-refractivity contribution in [2.24, 2.45) is 5.92 Å². The van der Waals surface area contributed by atoms with Crippen LogP contribution in [0.4, 0.5) is 0 Å². The number of piperidine rings is 1. The number of nitrogens with one attached hydrogen (secondary N) is 1. The van der Waals surface area contributed by atoms with E-state index in [0.29, 0.717) is 13.0 Å². The summed E-state index contributed by atoms with van der Waals surface area (Å²) in [5.41, 5.74) is 0.912. The first-order chi connectivity index (χ1) is 9.18. The molecule has 2 amide bonds. The van der Waals surface area contributed by atoms with Crippen molar-refractivity contribution < 1.29 is 14.7 Å². The maximum Gasteiger partial charge on any atom is 0.288 e. The van der Waals surface area contributed by atoms with Gasteiger partial charge in [-0.2, -0.15) is 0 Å². The number of hydroxylamine groups is 2. The predicted octanol–water partition coefficient (Wildman–Crippen LogP) is -0.283. The zero-order valence-corrected chi connectivity index (χ0v) is 10.5. The molecule has 2 saturated heterocycles. The van der Waals surface area contributed by atoms with E-state index < -0.39 is 12.0 Å². The number of rotatable bonds is 2. The van der Waals surface area contributed by atoms with Crippen molar-refractivity contribution in [2.75, 3.05) is 6.54 Å². The fraction of sp³-hybridized carbons (Fsp3) is 0.429. The average molecular weight is 260 g/mol. The number of carbonyl (C=O) groups excluding carboxylic acids is 2. The lowest BCUT2D eigenvalue weighted by Crippen LogP contribution is -3.14. The van der Waals surface area contributed by atoms with Crippen LogP contribution in [0.3, 0.4) is 0 Å². The highest BCUT2D eigenvalue weighted by molar-refractivity contribution is 6.06. The van der Waals surface area contributed by atoms with Crippen LogP contribution in [0.25, 0.3) is 0 Å². The van der Waals surface area contributed by atoms with Crippen molar-refractivity contribution in [3.8, 4) is 0 Å². The molecule has 1 unspecified atom stereocenters. The van der Waals surface area contributed by atoms with Crippen LogP contribution in [0.15, 0.2) is 30.3 Å². The van der Waals surface area contributed by atoms with Crippen LogP contribution in [0, 0.1) is 11.1 Å². The third-order valence-corrected chi connectivity index (χ3v) is 3.99. The summed E-state index contributed by atoms with van der Waals surface area (Å²) in [4.78, 5) is 25.8. The summed E-state index contributed by atoms with van der Waals surface area (Å²) in [6.07, 6.45) is 1.38. The lowest BCUT2D eigenvalue weighted by atomic mass is 9.93. The van der Waals surface area contributed by atoms with Gasteiger partial charge in [-0.15, -0.1) is 0 Å². The molecule has 19 heavy (non-hydrogen) atoms. The molecule has 0 aliphatic carbocycles. The van der Waals surface area contributed by atoms with Crippen LogP contribution in [-0.4, -0.2) is 29.3 Å². The van der Waals surface area contributed by atoms with Crippen LogP contribution < -0.4 is 5.06 Å². The second-order valence-electron chi connectivity index (χ2n) is 5.19. The van der Waals surface area contributed by atoms with Gasteiger partial charge in [0.05, 0.1) is 13.1 Å². The molecule has 3 atom stereocenters. The molecule has 100 valence electrons. The largest absolute Gasteiger partial charge is 0.634 e. The molecule has 0 aromatic heterocycles. The summed E-state index contributed by atoms with van der Waals surface area (Å²) in [5.74, 6) is -0.882. The van der Waals surface area contributed by atoms with Gasteiger partial charge in [0.15, 0.2) is 6.04 Å². The van der Waals surface area contributed by atoms with Gasteiger partial charge in [0.25, 0.3) is 5.91 Å². The molecule has 2 fully saturated rings. The van der Waals surface area contributed by atoms with Crippen molar-refractivity contribution in [2.45, 2.75) is 25.4 Å². The first-order valence-corrected chi connectivity index (χ1v) is 6.60. The molecule has 1 aromatic rings. The maximum absolute atomic E-state index is 12.3. The molecule has 3 rings (SSSR count). The van der Waals surface area contributed by atoms with Crippen LogP contribution in [-0.2, 0) is 16.1 Å². The normalized spacial score (nSPS) is 30.6. The SMILES string of the molecule is O=C1[C@H]2CCC[NH+]([O-])[C@H]2C(=O)N1Cc1ccccc1. The molecule has 5 nitrogen and oxygen atoms in total. The highest BCUT2D eigenvalue weighted by Gasteiger charge is 2.52. The third-order valence-electron chi connectivity index (χ3n) is 3.99. The third kappa shape index (κ3) is 2.05. The predicted molar refractivity (Wildman–Crippen MR) is 67.7 cm³/mol. The van der Waals surface area contributed by atoms with Crippen LogP contribution in [0.2, 0.25) is 0 Å². The Bertz CT molecular complexity index is 503. The Morgan fingerprint density at radius 3 is 2.63 bits per heavy atom. The highest BCUT2D eigenvalue weighted by atomic mass is 16.5. The number of hydrogen-bond donors (Lipinski definition) is 1. The Labute approximate surface area is 111 Å². The van der Waals surface area contributed by atoms with Crippen LogP contribution in [0.1, 0.15) is 18.4 Å². The lowest BCUT2D eigenvalue weighted by molar-refractivity contribution is -0.873. The number of fused-ring (bicyclic) bond motifs is 1. The standard InChI is InChI=1S/C14H16N2O3/c17-13-11-7-4-8-16(19)12(11)14(18)15(13)9-10-5-2-1-3-6-10/h1-3,5-6,11-12,16H,4,7-9H2/t11-,12+/m0/s1. The Kier molecular flexibility index (Phi) is 3.08. The summed E-state index contributed by atoms with van der Waals surface area (Å²) < 4.78 is 0. The first kappa shape index (κ1) is 12.3. The van der Waals surface area contributed by atoms with Crippen molar-refractivity contribution in [1.82, 2.24) is 4.90 Å². The molecule has 0 spiro atoms. The maximum atomic E-state index is 12.3. The fourth-order valence-corrected chi connectivity index (χ4v) is 3.02. The molecular weight excluding hydrogens is 244 g/mol. The van der Waals surface area contributed by atoms with E-state index in [4.69, 9.17) is 0 Å². The molecule has 5 heteroatoms. The van der Waals surface area contributed by atoms with Gasteiger partial charge >= 0.3 is 0 Å². The lowest BCUT2D eigenvalue weighted by Gasteiger charge is -2.33. The van der Waals surface area contributed by atoms with E-state index in [-0.39, 0.29) is 23.4 Å². The molecule has 2 aliphatic rings. The van der Waals surface area contributed by atoms with Gasteiger partial charge in [-0.1, -0.05) is 30.3 Å². The average Bonchev–Trinajstić information content (AvgIpc) is 2.66. The minimum atomic E-state index is -0.704. The second-order valence-corrected chi connectivity index (χ2v) is 5.19. The van der Waals surface area contributed by atoms with Gasteiger partial charge in [-0.3, -0.25) is 14.5 Å². The monoisotopic (exact) mass is 260 g/mol. The Morgan fingerprint density at radius 2 is 1.95 bits per heavy atom. The highest BCUT2D eigenvalue weighted by Crippen LogP contribution is 2.26. The van der Waals surface area contributed by atoms with Gasteiger partial charge < -0.3 is 10.3 Å². The first-order valence-electron chi connectivity index (χ1n) is 6.60. The van der Waals surface area contributed by atoms with E-state index >= 15 is 0 Å². The van der Waals surface area contributed by atoms with E-state index in [1.807, 2.05) is 30.3 Å². The van der Waals surface area contributed by atoms with E-state index in [2.05, 4.69) is 0 Å². The number of amides is 2. The van der Waals surface area contributed by atoms with Crippen molar-refractivity contribution in [3.05, 3.63) is 41.1 Å². The molecule has 1 aromatic carbocycles. The molecule has 0 radical (unpaired) electrons. The summed E-state index contributed by atoms with van der Waals surface area (Å²) in [7, 11) is 0. The molecular formula is C14H16N2O3. The van der Waals surface area contributed by atoms with Crippen LogP contribution >= 0.6 is 0 Å². The van der Waals surface area contributed by atoms with Gasteiger partial charge in [0.1, 0.15) is 5.92 Å². The zero-order valence-electron chi connectivity index (χ0n) is 10.5. The van der Waals surface area contributed by atoms with Crippen molar-refractivity contribution in [1.29, 1.82) is 0 Å². The minimum Gasteiger partial charge on any atom is -0.634 e. The summed E-state index contributed by atoms with van der Waals surface area (Å²) in [6.45, 7) is 0.706. The second kappa shape index (κ2) is 4.75. The fourth-order valence-electron chi connectivity index (χ4n) is 3.02. The summed E-state index contributed by atoms with van der Waals surface area (Å²) in [6, 6.07) is 8.69. The topological polar surface area (TPSA) is 64.9 Å². The molecule has 0 saturated carbocycles. The molecule has 2 heterocycles. The van der Waals surface area contributed by atoms with Crippen molar-refractivity contribution in [3.63, 3.8) is 0 Å². The molecule has 0 bridgehead atoms. The Hall–Kier alpha value is -1.72. The zero-order chi connectivity index (χ0) is 13.4. The number of hydrogen-bond acceptors (Lipinski definition) is 3. The number of nitrogens with zero attached hydrogens (tertiary/aromatic N) is 1. The van der Waals surface area contributed by atoms with E-state index in [0.717, 1.165) is 12.0 Å². The number of benzene rings is 1. The summed E-state index contributed by atoms with van der Waals surface area (Å²) >= 11 is 0. The molecule has 2 aliphatic heterocycles. The quantitative estimate of drug-likeness (QED) is 0.587. The van der Waals surface area contributed by atoms with Gasteiger partial charge in [0.2, 0.25) is 5.91 Å². The van der Waals surface area contributed by atoms with E-state index in [1.54, 1.807) is 0 Å².